The van der Waals surface area contributed by atoms with Crippen molar-refractivity contribution < 1.29 is 14.8 Å². The van der Waals surface area contributed by atoms with Crippen molar-refractivity contribution >= 4 is 23.3 Å². The Morgan fingerprint density at radius 2 is 1.91 bits per heavy atom. The number of anilines is 1. The minimum Gasteiger partial charge on any atom is -0.601 e. The normalized spacial score (nSPS) is 16.7. The summed E-state index contributed by atoms with van der Waals surface area (Å²) in [7, 11) is 0. The fraction of sp³-hybridized carbons (Fsp3) is 0.0667. The highest BCUT2D eigenvalue weighted by molar-refractivity contribution is 5.99. The van der Waals surface area contributed by atoms with Gasteiger partial charge in [0, 0.05) is 6.07 Å². The van der Waals surface area contributed by atoms with Gasteiger partial charge in [-0.1, -0.05) is 29.8 Å². The van der Waals surface area contributed by atoms with Gasteiger partial charge in [0.05, 0.1) is 5.56 Å². The van der Waals surface area contributed by atoms with E-state index in [2.05, 4.69) is 5.10 Å². The van der Waals surface area contributed by atoms with Crippen LogP contribution in [0.1, 0.15) is 15.9 Å². The number of benzene rings is 2. The molecule has 1 unspecified atom stereocenters. The minimum absolute atomic E-state index is 0.177. The molecule has 7 heteroatoms. The fourth-order valence-corrected chi connectivity index (χ4v) is 2.09. The van der Waals surface area contributed by atoms with Crippen LogP contribution in [0.3, 0.4) is 0 Å². The van der Waals surface area contributed by atoms with Gasteiger partial charge in [-0.15, -0.1) is 5.06 Å². The minimum atomic E-state index is -0.581. The van der Waals surface area contributed by atoms with Crippen LogP contribution in [0.25, 0.3) is 0 Å². The molecule has 3 rings (SSSR count). The lowest BCUT2D eigenvalue weighted by atomic mass is 10.2. The number of guanidine groups is 1. The lowest BCUT2D eigenvalue weighted by Crippen LogP contribution is -2.98. The maximum Gasteiger partial charge on any atom is 0.363 e. The van der Waals surface area contributed by atoms with Gasteiger partial charge in [-0.05, 0) is 30.2 Å². The van der Waals surface area contributed by atoms with E-state index in [1.807, 2.05) is 19.1 Å². The second-order valence-corrected chi connectivity index (χ2v) is 4.83. The van der Waals surface area contributed by atoms with Gasteiger partial charge in [0.2, 0.25) is 0 Å². The summed E-state index contributed by atoms with van der Waals surface area (Å²) in [4.78, 5) is 17.5. The summed E-state index contributed by atoms with van der Waals surface area (Å²) in [6, 6.07) is 13.6. The highest BCUT2D eigenvalue weighted by atomic mass is 16.7. The van der Waals surface area contributed by atoms with E-state index in [1.165, 1.54) is 0 Å². The SMILES string of the molecule is Cc1ccc(C(=O)ON2C(N)=N[NH+]([O-])c3ccccc32)cc1. The third-order valence-corrected chi connectivity index (χ3v) is 3.24. The summed E-state index contributed by atoms with van der Waals surface area (Å²) in [5.74, 6) is -0.758. The molecule has 0 spiro atoms. The summed E-state index contributed by atoms with van der Waals surface area (Å²) >= 11 is 0. The average molecular weight is 298 g/mol. The zero-order valence-electron chi connectivity index (χ0n) is 11.8. The van der Waals surface area contributed by atoms with E-state index in [4.69, 9.17) is 10.6 Å². The molecule has 0 aliphatic carbocycles. The Morgan fingerprint density at radius 3 is 2.64 bits per heavy atom. The number of quaternary nitrogens is 1. The number of aryl methyl sites for hydroxylation is 1. The molecule has 112 valence electrons. The van der Waals surface area contributed by atoms with Crippen LogP contribution in [0.5, 0.6) is 0 Å². The predicted octanol–water partition coefficient (Wildman–Crippen LogP) is 0.831. The lowest BCUT2D eigenvalue weighted by molar-refractivity contribution is -0.784. The number of fused-ring (bicyclic) bond motifs is 1. The first kappa shape index (κ1) is 14.1. The number of carbonyl (C=O) groups is 1. The summed E-state index contributed by atoms with van der Waals surface area (Å²) in [6.07, 6.45) is 0. The fourth-order valence-electron chi connectivity index (χ4n) is 2.09. The van der Waals surface area contributed by atoms with E-state index < -0.39 is 11.1 Å². The standard InChI is InChI=1S/C15H14N4O3/c1-10-6-8-11(9-7-10)14(20)22-18-12-4-2-3-5-13(12)19(21)17-15(18)16/h2-9,19H,1H3,(H2,16,17). The number of para-hydroxylation sites is 1. The molecule has 0 radical (unpaired) electrons. The van der Waals surface area contributed by atoms with Gasteiger partial charge in [-0.25, -0.2) is 9.97 Å². The molecule has 2 aromatic carbocycles. The van der Waals surface area contributed by atoms with Gasteiger partial charge < -0.3 is 15.8 Å². The van der Waals surface area contributed by atoms with Crippen molar-refractivity contribution in [2.75, 3.05) is 5.06 Å². The van der Waals surface area contributed by atoms with Crippen molar-refractivity contribution in [2.24, 2.45) is 10.8 Å². The van der Waals surface area contributed by atoms with Crippen LogP contribution >= 0.6 is 0 Å². The third kappa shape index (κ3) is 2.50. The quantitative estimate of drug-likeness (QED) is 0.801. The molecular weight excluding hydrogens is 284 g/mol. The third-order valence-electron chi connectivity index (χ3n) is 3.24. The van der Waals surface area contributed by atoms with Crippen molar-refractivity contribution in [3.05, 3.63) is 64.9 Å². The summed E-state index contributed by atoms with van der Waals surface area (Å²) in [5.41, 5.74) is 7.85. The van der Waals surface area contributed by atoms with Crippen molar-refractivity contribution in [1.82, 2.24) is 0 Å². The molecule has 1 heterocycles. The van der Waals surface area contributed by atoms with Crippen LogP contribution < -0.4 is 16.0 Å². The topological polar surface area (TPSA) is 95.4 Å². The van der Waals surface area contributed by atoms with Crippen LogP contribution in [0, 0.1) is 12.1 Å². The summed E-state index contributed by atoms with van der Waals surface area (Å²) < 4.78 is 0. The monoisotopic (exact) mass is 298 g/mol. The van der Waals surface area contributed by atoms with E-state index >= 15 is 0 Å². The van der Waals surface area contributed by atoms with Crippen LogP contribution in [0.2, 0.25) is 0 Å². The van der Waals surface area contributed by atoms with Gasteiger partial charge in [0.25, 0.3) is 5.96 Å². The number of nitrogens with two attached hydrogens (primary N) is 1. The second-order valence-electron chi connectivity index (χ2n) is 4.83. The van der Waals surface area contributed by atoms with Crippen LogP contribution in [-0.4, -0.2) is 11.9 Å². The zero-order valence-corrected chi connectivity index (χ0v) is 11.8. The Balaban J connectivity index is 1.89. The van der Waals surface area contributed by atoms with E-state index in [9.17, 15) is 10.0 Å². The van der Waals surface area contributed by atoms with Gasteiger partial charge >= 0.3 is 5.97 Å². The zero-order chi connectivity index (χ0) is 15.7. The Kier molecular flexibility index (Phi) is 3.50. The number of hydrogen-bond donors (Lipinski definition) is 2. The van der Waals surface area contributed by atoms with E-state index in [1.54, 1.807) is 36.4 Å². The number of carbonyl (C=O) groups excluding carboxylic acids is 1. The summed E-state index contributed by atoms with van der Waals surface area (Å²) in [5, 5.41) is 16.1. The number of hydroxylamine groups is 1. The number of rotatable bonds is 2. The van der Waals surface area contributed by atoms with Crippen LogP contribution in [0.4, 0.5) is 11.4 Å². The molecule has 7 nitrogen and oxygen atoms in total. The molecule has 2 aromatic rings. The lowest BCUT2D eigenvalue weighted by Gasteiger charge is -2.29. The second kappa shape index (κ2) is 5.47. The molecule has 22 heavy (non-hydrogen) atoms. The number of nitrogens with one attached hydrogen (secondary N) is 1. The van der Waals surface area contributed by atoms with Crippen molar-refractivity contribution in [2.45, 2.75) is 6.92 Å². The highest BCUT2D eigenvalue weighted by Gasteiger charge is 2.29. The van der Waals surface area contributed by atoms with E-state index in [0.29, 0.717) is 16.9 Å². The molecule has 0 fully saturated rings. The van der Waals surface area contributed by atoms with Gasteiger partial charge in [-0.2, -0.15) is 0 Å². The number of nitrogens with zero attached hydrogens (tertiary/aromatic N) is 2. The Hall–Kier alpha value is -2.90. The van der Waals surface area contributed by atoms with Crippen molar-refractivity contribution in [3.63, 3.8) is 0 Å². The Bertz CT molecular complexity index is 743. The molecule has 1 atom stereocenters. The molecule has 0 bridgehead atoms. The summed E-state index contributed by atoms with van der Waals surface area (Å²) in [6.45, 7) is 1.92. The number of hydrogen-bond acceptors (Lipinski definition) is 6. The largest absolute Gasteiger partial charge is 0.601 e. The van der Waals surface area contributed by atoms with E-state index in [-0.39, 0.29) is 5.96 Å². The Morgan fingerprint density at radius 1 is 1.23 bits per heavy atom. The maximum absolute atomic E-state index is 12.2. The molecule has 1 aliphatic rings. The Labute approximate surface area is 126 Å². The first-order valence-corrected chi connectivity index (χ1v) is 6.63. The first-order chi connectivity index (χ1) is 10.6. The predicted molar refractivity (Wildman–Crippen MR) is 81.1 cm³/mol. The van der Waals surface area contributed by atoms with Crippen molar-refractivity contribution in [1.29, 1.82) is 0 Å². The van der Waals surface area contributed by atoms with Crippen LogP contribution in [-0.2, 0) is 4.84 Å². The molecule has 0 saturated carbocycles. The smallest absolute Gasteiger partial charge is 0.363 e. The highest BCUT2D eigenvalue weighted by Crippen LogP contribution is 2.25. The van der Waals surface area contributed by atoms with Gasteiger partial charge in [-0.3, -0.25) is 0 Å². The van der Waals surface area contributed by atoms with Crippen LogP contribution in [0.15, 0.2) is 53.6 Å². The van der Waals surface area contributed by atoms with Gasteiger partial charge in [0.1, 0.15) is 5.69 Å². The molecule has 3 N–H and O–H groups in total. The first-order valence-electron chi connectivity index (χ1n) is 6.63. The molecule has 1 aliphatic heterocycles. The maximum atomic E-state index is 12.2. The molecule has 0 amide bonds. The molecule has 0 saturated heterocycles. The van der Waals surface area contributed by atoms with Crippen molar-refractivity contribution in [3.8, 4) is 0 Å². The average Bonchev–Trinajstić information content (AvgIpc) is 2.52. The molecule has 0 aromatic heterocycles. The molecular formula is C15H14N4O3. The van der Waals surface area contributed by atoms with E-state index in [0.717, 1.165) is 10.6 Å². The van der Waals surface area contributed by atoms with Gasteiger partial charge in [0.15, 0.2) is 5.69 Å².